The number of aryl methyl sites for hydroxylation is 1. The van der Waals surface area contributed by atoms with E-state index in [2.05, 4.69) is 143 Å². The van der Waals surface area contributed by atoms with Crippen molar-refractivity contribution in [1.82, 2.24) is 0 Å². The van der Waals surface area contributed by atoms with E-state index < -0.39 is 0 Å². The average molecular weight is 505 g/mol. The molecule has 0 spiro atoms. The van der Waals surface area contributed by atoms with Crippen molar-refractivity contribution < 1.29 is 0 Å². The van der Waals surface area contributed by atoms with Gasteiger partial charge in [-0.2, -0.15) is 12.6 Å². The molecule has 5 rings (SSSR count). The molecule has 0 saturated heterocycles. The van der Waals surface area contributed by atoms with Crippen LogP contribution in [0.1, 0.15) is 30.5 Å². The normalized spacial score (nSPS) is 9.49. The number of hydrogen-bond donors (Lipinski definition) is 1. The second-order valence-corrected chi connectivity index (χ2v) is 8.34. The zero-order valence-electron chi connectivity index (χ0n) is 23.1. The maximum atomic E-state index is 3.53. The summed E-state index contributed by atoms with van der Waals surface area (Å²) in [7, 11) is 0. The lowest BCUT2D eigenvalue weighted by molar-refractivity contribution is 1.40. The van der Waals surface area contributed by atoms with Gasteiger partial charge in [0.2, 0.25) is 0 Å². The van der Waals surface area contributed by atoms with Crippen molar-refractivity contribution in [3.05, 3.63) is 144 Å². The summed E-state index contributed by atoms with van der Waals surface area (Å²) in [6.07, 6.45) is 1.69. The third-order valence-electron chi connectivity index (χ3n) is 6.07. The molecular formula is C36H40S. The van der Waals surface area contributed by atoms with Gasteiger partial charge in [0.25, 0.3) is 0 Å². The third kappa shape index (κ3) is 8.23. The summed E-state index contributed by atoms with van der Waals surface area (Å²) in [5, 5.41) is 0. The quantitative estimate of drug-likeness (QED) is 0.232. The minimum atomic E-state index is 1.27. The Labute approximate surface area is 230 Å². The van der Waals surface area contributed by atoms with Gasteiger partial charge in [-0.05, 0) is 71.5 Å². The molecule has 1 heteroatoms. The maximum Gasteiger partial charge on any atom is -0.0146 e. The molecule has 0 radical (unpaired) electrons. The Bertz CT molecular complexity index is 1220. The van der Waals surface area contributed by atoms with Gasteiger partial charge in [0.1, 0.15) is 0 Å². The standard InChI is InChI=1S/C26H22.C7H8.C2H6.CH4S/c1-19-23(21-11-5-3-6-12-21)15-9-17-25(19)26-18-10-16-24(20(26)2)22-13-7-4-8-14-22;1-7-5-3-2-4-6-7;2*1-2/h3-18H,1-2H3;2-6H,1H3;1-2H3;2H,1H3. The van der Waals surface area contributed by atoms with E-state index in [1.807, 2.05) is 32.0 Å². The van der Waals surface area contributed by atoms with Crippen molar-refractivity contribution in [3.8, 4) is 33.4 Å². The molecule has 0 bridgehead atoms. The summed E-state index contributed by atoms with van der Waals surface area (Å²) in [6.45, 7) is 10.5. The van der Waals surface area contributed by atoms with Crippen LogP contribution in [0.4, 0.5) is 0 Å². The van der Waals surface area contributed by atoms with E-state index in [1.165, 1.54) is 50.1 Å². The Balaban J connectivity index is 0.000000371. The fraction of sp³-hybridized carbons (Fsp3) is 0.167. The molecule has 190 valence electrons. The Morgan fingerprint density at radius 2 is 0.649 bits per heavy atom. The second kappa shape index (κ2) is 16.2. The summed E-state index contributed by atoms with van der Waals surface area (Å²) >= 11 is 3.53. The van der Waals surface area contributed by atoms with E-state index >= 15 is 0 Å². The van der Waals surface area contributed by atoms with Crippen LogP contribution in [-0.4, -0.2) is 6.26 Å². The van der Waals surface area contributed by atoms with Crippen LogP contribution >= 0.6 is 12.6 Å². The highest BCUT2D eigenvalue weighted by atomic mass is 32.1. The zero-order valence-corrected chi connectivity index (χ0v) is 24.0. The zero-order chi connectivity index (χ0) is 27.0. The van der Waals surface area contributed by atoms with Crippen LogP contribution in [0.2, 0.25) is 0 Å². The molecule has 0 fully saturated rings. The van der Waals surface area contributed by atoms with E-state index in [0.717, 1.165) is 0 Å². The molecule has 0 saturated carbocycles. The SMILES string of the molecule is CC.CS.Cc1c(-c2ccccc2)cccc1-c1cccc(-c2ccccc2)c1C.Cc1ccccc1. The van der Waals surface area contributed by atoms with E-state index in [-0.39, 0.29) is 0 Å². The molecule has 0 nitrogen and oxygen atoms in total. The van der Waals surface area contributed by atoms with Crippen LogP contribution < -0.4 is 0 Å². The molecule has 0 atom stereocenters. The number of hydrogen-bond acceptors (Lipinski definition) is 1. The lowest BCUT2D eigenvalue weighted by atomic mass is 9.88. The van der Waals surface area contributed by atoms with E-state index in [1.54, 1.807) is 6.26 Å². The Kier molecular flexibility index (Phi) is 13.0. The first kappa shape index (κ1) is 29.7. The molecule has 0 aliphatic rings. The van der Waals surface area contributed by atoms with E-state index in [9.17, 15) is 0 Å². The molecule has 0 aliphatic heterocycles. The maximum absolute atomic E-state index is 3.53. The fourth-order valence-corrected chi connectivity index (χ4v) is 4.25. The van der Waals surface area contributed by atoms with E-state index in [4.69, 9.17) is 0 Å². The highest BCUT2D eigenvalue weighted by Crippen LogP contribution is 2.36. The van der Waals surface area contributed by atoms with E-state index in [0.29, 0.717) is 0 Å². The molecule has 5 aromatic carbocycles. The minimum Gasteiger partial charge on any atom is -0.183 e. The Hall–Kier alpha value is -3.55. The summed E-state index contributed by atoms with van der Waals surface area (Å²) in [4.78, 5) is 0. The monoisotopic (exact) mass is 504 g/mol. The minimum absolute atomic E-state index is 1.27. The van der Waals surface area contributed by atoms with Gasteiger partial charge < -0.3 is 0 Å². The van der Waals surface area contributed by atoms with Crippen molar-refractivity contribution in [1.29, 1.82) is 0 Å². The topological polar surface area (TPSA) is 0 Å². The van der Waals surface area contributed by atoms with Crippen LogP contribution in [0.3, 0.4) is 0 Å². The van der Waals surface area contributed by atoms with Crippen molar-refractivity contribution >= 4 is 12.6 Å². The van der Waals surface area contributed by atoms with Crippen molar-refractivity contribution in [3.63, 3.8) is 0 Å². The smallest absolute Gasteiger partial charge is 0.0146 e. The lowest BCUT2D eigenvalue weighted by Gasteiger charge is -2.16. The molecule has 0 aliphatic carbocycles. The first-order valence-corrected chi connectivity index (χ1v) is 13.8. The largest absolute Gasteiger partial charge is 0.183 e. The third-order valence-corrected chi connectivity index (χ3v) is 6.07. The molecule has 0 N–H and O–H groups in total. The number of thiol groups is 1. The average Bonchev–Trinajstić information content (AvgIpc) is 2.97. The van der Waals surface area contributed by atoms with Crippen molar-refractivity contribution in [2.75, 3.05) is 6.26 Å². The van der Waals surface area contributed by atoms with Crippen LogP contribution in [-0.2, 0) is 0 Å². The molecule has 0 unspecified atom stereocenters. The Morgan fingerprint density at radius 1 is 0.351 bits per heavy atom. The van der Waals surface area contributed by atoms with Crippen LogP contribution in [0.25, 0.3) is 33.4 Å². The van der Waals surface area contributed by atoms with Crippen LogP contribution in [0, 0.1) is 20.8 Å². The first-order chi connectivity index (χ1) is 18.1. The summed E-state index contributed by atoms with van der Waals surface area (Å²) in [5.41, 5.74) is 11.7. The number of rotatable bonds is 3. The predicted octanol–water partition coefficient (Wildman–Crippen LogP) is 10.9. The van der Waals surface area contributed by atoms with Crippen molar-refractivity contribution in [2.24, 2.45) is 0 Å². The van der Waals surface area contributed by atoms with Gasteiger partial charge in [0, 0.05) is 0 Å². The van der Waals surface area contributed by atoms with Gasteiger partial charge in [-0.25, -0.2) is 0 Å². The van der Waals surface area contributed by atoms with Crippen molar-refractivity contribution in [2.45, 2.75) is 34.6 Å². The highest BCUT2D eigenvalue weighted by Gasteiger charge is 2.12. The second-order valence-electron chi connectivity index (χ2n) is 8.34. The van der Waals surface area contributed by atoms with Gasteiger partial charge in [-0.3, -0.25) is 0 Å². The molecule has 0 amide bonds. The Morgan fingerprint density at radius 3 is 0.946 bits per heavy atom. The molecular weight excluding hydrogens is 464 g/mol. The van der Waals surface area contributed by atoms with Gasteiger partial charge in [0.15, 0.2) is 0 Å². The summed E-state index contributed by atoms with van der Waals surface area (Å²) < 4.78 is 0. The molecule has 5 aromatic rings. The van der Waals surface area contributed by atoms with Crippen LogP contribution in [0.15, 0.2) is 127 Å². The van der Waals surface area contributed by atoms with Gasteiger partial charge in [-0.15, -0.1) is 0 Å². The van der Waals surface area contributed by atoms with Crippen LogP contribution in [0.5, 0.6) is 0 Å². The van der Waals surface area contributed by atoms with Gasteiger partial charge in [-0.1, -0.05) is 147 Å². The lowest BCUT2D eigenvalue weighted by Crippen LogP contribution is -1.92. The molecule has 0 aromatic heterocycles. The fourth-order valence-electron chi connectivity index (χ4n) is 4.25. The summed E-state index contributed by atoms with van der Waals surface area (Å²) in [5.74, 6) is 0. The molecule has 37 heavy (non-hydrogen) atoms. The predicted molar refractivity (Wildman–Crippen MR) is 170 cm³/mol. The summed E-state index contributed by atoms with van der Waals surface area (Å²) in [6, 6.07) is 44.7. The molecule has 0 heterocycles. The first-order valence-electron chi connectivity index (χ1n) is 12.9. The van der Waals surface area contributed by atoms with Gasteiger partial charge in [0.05, 0.1) is 0 Å². The highest BCUT2D eigenvalue weighted by molar-refractivity contribution is 7.79. The number of benzene rings is 5. The van der Waals surface area contributed by atoms with Gasteiger partial charge >= 0.3 is 0 Å².